The SMILES string of the molecule is N#Cc1cc2c(Br)c(NC3CCC(N4CCC5(CC4)CC5)CC3)ncc2o1. The van der Waals surface area contributed by atoms with Crippen LogP contribution in [0.15, 0.2) is 21.2 Å². The molecule has 27 heavy (non-hydrogen) atoms. The summed E-state index contributed by atoms with van der Waals surface area (Å²) < 4.78 is 6.34. The van der Waals surface area contributed by atoms with Crippen molar-refractivity contribution in [3.05, 3.63) is 22.5 Å². The molecule has 0 aromatic carbocycles. The van der Waals surface area contributed by atoms with E-state index in [-0.39, 0.29) is 0 Å². The Bertz CT molecular complexity index is 879. The number of likely N-dealkylation sites (tertiary alicyclic amines) is 1. The van der Waals surface area contributed by atoms with E-state index in [0.717, 1.165) is 27.1 Å². The molecule has 3 fully saturated rings. The minimum absolute atomic E-state index is 0.319. The Labute approximate surface area is 168 Å². The summed E-state index contributed by atoms with van der Waals surface area (Å²) in [5.41, 5.74) is 1.41. The van der Waals surface area contributed by atoms with Gasteiger partial charge in [0.15, 0.2) is 5.58 Å². The minimum atomic E-state index is 0.319. The number of anilines is 1. The van der Waals surface area contributed by atoms with Crippen LogP contribution in [0.1, 0.15) is 57.1 Å². The first-order valence-electron chi connectivity index (χ1n) is 10.1. The molecule has 1 aliphatic heterocycles. The highest BCUT2D eigenvalue weighted by Gasteiger charge is 2.45. The average molecular weight is 429 g/mol. The molecule has 2 aliphatic carbocycles. The Morgan fingerprint density at radius 2 is 1.93 bits per heavy atom. The molecule has 1 saturated heterocycles. The highest BCUT2D eigenvalue weighted by Crippen LogP contribution is 2.54. The predicted octanol–water partition coefficient (Wildman–Crippen LogP) is 5.06. The summed E-state index contributed by atoms with van der Waals surface area (Å²) in [6.45, 7) is 2.63. The highest BCUT2D eigenvalue weighted by molar-refractivity contribution is 9.10. The van der Waals surface area contributed by atoms with Gasteiger partial charge in [-0.15, -0.1) is 0 Å². The third-order valence-corrected chi connectivity index (χ3v) is 7.80. The van der Waals surface area contributed by atoms with E-state index >= 15 is 0 Å². The number of hydrogen-bond donors (Lipinski definition) is 1. The number of fused-ring (bicyclic) bond motifs is 1. The second-order valence-corrected chi connectivity index (χ2v) is 9.40. The average Bonchev–Trinajstić information content (AvgIpc) is 3.31. The molecule has 142 valence electrons. The standard InChI is InChI=1S/C21H25BrN4O/c22-19-17-11-16(12-23)27-18(17)13-24-20(19)25-14-1-3-15(4-2-14)26-9-7-21(5-6-21)8-10-26/h11,13-15H,1-10H2,(H,24,25). The summed E-state index contributed by atoms with van der Waals surface area (Å²) in [5, 5.41) is 13.5. The van der Waals surface area contributed by atoms with Crippen molar-refractivity contribution in [3.63, 3.8) is 0 Å². The van der Waals surface area contributed by atoms with Crippen molar-refractivity contribution in [2.45, 2.75) is 63.5 Å². The maximum absolute atomic E-state index is 9.03. The number of nitriles is 1. The number of halogens is 1. The largest absolute Gasteiger partial charge is 0.444 e. The molecule has 2 aromatic rings. The van der Waals surface area contributed by atoms with Crippen LogP contribution in [-0.4, -0.2) is 35.1 Å². The Morgan fingerprint density at radius 3 is 2.59 bits per heavy atom. The second kappa shape index (κ2) is 6.79. The summed E-state index contributed by atoms with van der Waals surface area (Å²) in [5.74, 6) is 1.17. The van der Waals surface area contributed by atoms with Crippen molar-refractivity contribution in [2.24, 2.45) is 5.41 Å². The lowest BCUT2D eigenvalue weighted by Crippen LogP contribution is -2.45. The zero-order valence-electron chi connectivity index (χ0n) is 15.5. The van der Waals surface area contributed by atoms with E-state index in [1.165, 1.54) is 64.5 Å². The summed E-state index contributed by atoms with van der Waals surface area (Å²) in [4.78, 5) is 7.27. The maximum Gasteiger partial charge on any atom is 0.204 e. The molecular formula is C21H25BrN4O. The summed E-state index contributed by atoms with van der Waals surface area (Å²) in [7, 11) is 0. The highest BCUT2D eigenvalue weighted by atomic mass is 79.9. The van der Waals surface area contributed by atoms with Crippen LogP contribution in [0.5, 0.6) is 0 Å². The van der Waals surface area contributed by atoms with E-state index in [4.69, 9.17) is 9.68 Å². The van der Waals surface area contributed by atoms with E-state index in [0.29, 0.717) is 17.4 Å². The van der Waals surface area contributed by atoms with Crippen LogP contribution in [0.3, 0.4) is 0 Å². The van der Waals surface area contributed by atoms with E-state index in [1.54, 1.807) is 12.3 Å². The van der Waals surface area contributed by atoms with Gasteiger partial charge >= 0.3 is 0 Å². The number of nitrogens with one attached hydrogen (secondary N) is 1. The molecule has 0 amide bonds. The van der Waals surface area contributed by atoms with Crippen molar-refractivity contribution in [1.82, 2.24) is 9.88 Å². The number of piperidine rings is 1. The van der Waals surface area contributed by atoms with Gasteiger partial charge in [0, 0.05) is 23.5 Å². The third kappa shape index (κ3) is 3.36. The normalized spacial score (nSPS) is 27.6. The smallest absolute Gasteiger partial charge is 0.204 e. The van der Waals surface area contributed by atoms with Crippen molar-refractivity contribution in [3.8, 4) is 6.07 Å². The zero-order chi connectivity index (χ0) is 18.4. The van der Waals surface area contributed by atoms with Gasteiger partial charge in [0.05, 0.1) is 10.7 Å². The molecule has 5 nitrogen and oxygen atoms in total. The molecule has 0 atom stereocenters. The lowest BCUT2D eigenvalue weighted by Gasteiger charge is -2.41. The van der Waals surface area contributed by atoms with Gasteiger partial charge in [-0.25, -0.2) is 4.98 Å². The van der Waals surface area contributed by atoms with Gasteiger partial charge in [0.25, 0.3) is 0 Å². The van der Waals surface area contributed by atoms with Gasteiger partial charge < -0.3 is 14.6 Å². The van der Waals surface area contributed by atoms with Crippen LogP contribution in [0, 0.1) is 16.7 Å². The molecule has 2 aromatic heterocycles. The Morgan fingerprint density at radius 1 is 1.19 bits per heavy atom. The molecule has 0 bridgehead atoms. The van der Waals surface area contributed by atoms with Gasteiger partial charge in [0.2, 0.25) is 5.76 Å². The fourth-order valence-electron chi connectivity index (χ4n) is 4.95. The van der Waals surface area contributed by atoms with Gasteiger partial charge in [0.1, 0.15) is 11.9 Å². The van der Waals surface area contributed by atoms with Crippen molar-refractivity contribution >= 4 is 32.7 Å². The number of rotatable bonds is 3. The lowest BCUT2D eigenvalue weighted by molar-refractivity contribution is 0.0975. The molecule has 0 radical (unpaired) electrons. The minimum Gasteiger partial charge on any atom is -0.444 e. The van der Waals surface area contributed by atoms with Crippen LogP contribution in [0.4, 0.5) is 5.82 Å². The third-order valence-electron chi connectivity index (χ3n) is 7.00. The molecule has 5 rings (SSSR count). The maximum atomic E-state index is 9.03. The Balaban J connectivity index is 1.20. The number of pyridine rings is 1. The van der Waals surface area contributed by atoms with Crippen molar-refractivity contribution in [2.75, 3.05) is 18.4 Å². The summed E-state index contributed by atoms with van der Waals surface area (Å²) >= 11 is 3.64. The zero-order valence-corrected chi connectivity index (χ0v) is 17.1. The molecule has 6 heteroatoms. The van der Waals surface area contributed by atoms with E-state index < -0.39 is 0 Å². The first-order chi connectivity index (χ1) is 13.2. The number of aromatic nitrogens is 1. The fourth-order valence-corrected chi connectivity index (χ4v) is 5.48. The van der Waals surface area contributed by atoms with Crippen LogP contribution in [0.25, 0.3) is 11.0 Å². The lowest BCUT2D eigenvalue weighted by atomic mass is 9.87. The molecule has 0 unspecified atom stereocenters. The summed E-state index contributed by atoms with van der Waals surface area (Å²) in [6, 6.07) is 5.05. The molecule has 1 spiro atoms. The topological polar surface area (TPSA) is 65.1 Å². The van der Waals surface area contributed by atoms with Crippen molar-refractivity contribution < 1.29 is 4.42 Å². The Hall–Kier alpha value is -1.58. The van der Waals surface area contributed by atoms with Gasteiger partial charge in [-0.1, -0.05) is 0 Å². The quantitative estimate of drug-likeness (QED) is 0.739. The summed E-state index contributed by atoms with van der Waals surface area (Å²) in [6.07, 6.45) is 12.4. The number of hydrogen-bond acceptors (Lipinski definition) is 5. The van der Waals surface area contributed by atoms with Gasteiger partial charge in [-0.2, -0.15) is 5.26 Å². The van der Waals surface area contributed by atoms with Gasteiger partial charge in [-0.3, -0.25) is 0 Å². The fraction of sp³-hybridized carbons (Fsp3) is 0.619. The first-order valence-corrected chi connectivity index (χ1v) is 10.9. The van der Waals surface area contributed by atoms with Crippen molar-refractivity contribution in [1.29, 1.82) is 5.26 Å². The van der Waals surface area contributed by atoms with Crippen LogP contribution in [0.2, 0.25) is 0 Å². The molecule has 2 saturated carbocycles. The predicted molar refractivity (Wildman–Crippen MR) is 109 cm³/mol. The molecule has 1 N–H and O–H groups in total. The van der Waals surface area contributed by atoms with Crippen LogP contribution < -0.4 is 5.32 Å². The Kier molecular flexibility index (Phi) is 4.40. The first kappa shape index (κ1) is 17.5. The monoisotopic (exact) mass is 428 g/mol. The molecule has 3 heterocycles. The number of furan rings is 1. The van der Waals surface area contributed by atoms with Crippen LogP contribution in [-0.2, 0) is 0 Å². The number of nitrogens with zero attached hydrogens (tertiary/aromatic N) is 3. The van der Waals surface area contributed by atoms with E-state index in [9.17, 15) is 0 Å². The van der Waals surface area contributed by atoms with E-state index in [2.05, 4.69) is 31.1 Å². The molecular weight excluding hydrogens is 404 g/mol. The van der Waals surface area contributed by atoms with Gasteiger partial charge in [-0.05, 0) is 85.8 Å². The van der Waals surface area contributed by atoms with Crippen LogP contribution >= 0.6 is 15.9 Å². The second-order valence-electron chi connectivity index (χ2n) is 8.61. The molecule has 3 aliphatic rings. The van der Waals surface area contributed by atoms with E-state index in [1.807, 2.05) is 6.07 Å².